The lowest BCUT2D eigenvalue weighted by Crippen LogP contribution is -2.49. The van der Waals surface area contributed by atoms with Crippen LogP contribution >= 0.6 is 12.2 Å². The Kier molecular flexibility index (Phi) is 3.63. The summed E-state index contributed by atoms with van der Waals surface area (Å²) >= 11 is 5.01. The van der Waals surface area contributed by atoms with Gasteiger partial charge in [-0.25, -0.2) is 9.97 Å². The first kappa shape index (κ1) is 11.9. The van der Waals surface area contributed by atoms with Crippen molar-refractivity contribution in [1.82, 2.24) is 14.9 Å². The van der Waals surface area contributed by atoms with Gasteiger partial charge in [-0.3, -0.25) is 4.79 Å². The van der Waals surface area contributed by atoms with Crippen LogP contribution in [0.15, 0.2) is 18.7 Å². The van der Waals surface area contributed by atoms with Gasteiger partial charge in [0, 0.05) is 18.9 Å². The molecule has 0 saturated carbocycles. The maximum Gasteiger partial charge on any atom is 0.257 e. The van der Waals surface area contributed by atoms with Gasteiger partial charge in [0.1, 0.15) is 6.33 Å². The number of amides is 1. The molecule has 1 aliphatic rings. The minimum Gasteiger partial charge on any atom is -0.392 e. The number of carbonyl (C=O) groups is 1. The topological polar surface area (TPSA) is 72.1 Å². The average molecular weight is 250 g/mol. The molecule has 1 saturated heterocycles. The summed E-state index contributed by atoms with van der Waals surface area (Å²) in [6, 6.07) is -0.133. The molecule has 0 bridgehead atoms. The monoisotopic (exact) mass is 250 g/mol. The normalized spacial score (nSPS) is 20.0. The smallest absolute Gasteiger partial charge is 0.257 e. The van der Waals surface area contributed by atoms with E-state index in [2.05, 4.69) is 9.97 Å². The summed E-state index contributed by atoms with van der Waals surface area (Å²) < 4.78 is 0. The van der Waals surface area contributed by atoms with E-state index in [1.54, 1.807) is 4.90 Å². The number of nitrogens with zero attached hydrogens (tertiary/aromatic N) is 3. The van der Waals surface area contributed by atoms with Gasteiger partial charge in [0.05, 0.1) is 16.6 Å². The number of hydrogen-bond donors (Lipinski definition) is 1. The molecule has 2 heterocycles. The predicted octanol–water partition coefficient (Wildman–Crippen LogP) is 0.757. The van der Waals surface area contributed by atoms with Crippen molar-refractivity contribution in [3.8, 4) is 0 Å². The van der Waals surface area contributed by atoms with Gasteiger partial charge in [-0.1, -0.05) is 12.2 Å². The Hall–Kier alpha value is -1.56. The Morgan fingerprint density at radius 2 is 2.12 bits per heavy atom. The summed E-state index contributed by atoms with van der Waals surface area (Å²) in [5.41, 5.74) is 6.16. The molecule has 5 nitrogen and oxygen atoms in total. The number of piperidine rings is 1. The lowest BCUT2D eigenvalue weighted by Gasteiger charge is -2.34. The highest BCUT2D eigenvalue weighted by atomic mass is 32.1. The van der Waals surface area contributed by atoms with Gasteiger partial charge in [-0.05, 0) is 19.3 Å². The van der Waals surface area contributed by atoms with E-state index in [-0.39, 0.29) is 11.9 Å². The highest BCUT2D eigenvalue weighted by molar-refractivity contribution is 7.80. The third-order valence-corrected chi connectivity index (χ3v) is 3.17. The molecule has 17 heavy (non-hydrogen) atoms. The van der Waals surface area contributed by atoms with Crippen LogP contribution in [0.2, 0.25) is 0 Å². The number of hydrogen-bond acceptors (Lipinski definition) is 4. The molecule has 90 valence electrons. The van der Waals surface area contributed by atoms with E-state index in [0.29, 0.717) is 17.1 Å². The van der Waals surface area contributed by atoms with Crippen molar-refractivity contribution in [1.29, 1.82) is 0 Å². The summed E-state index contributed by atoms with van der Waals surface area (Å²) in [6.07, 6.45) is 7.31. The van der Waals surface area contributed by atoms with Crippen molar-refractivity contribution in [3.05, 3.63) is 24.3 Å². The molecule has 1 aromatic heterocycles. The molecular weight excluding hydrogens is 236 g/mol. The van der Waals surface area contributed by atoms with Crippen molar-refractivity contribution in [3.63, 3.8) is 0 Å². The molecule has 6 heteroatoms. The second kappa shape index (κ2) is 5.18. The van der Waals surface area contributed by atoms with E-state index in [0.717, 1.165) is 19.3 Å². The largest absolute Gasteiger partial charge is 0.392 e. The van der Waals surface area contributed by atoms with Gasteiger partial charge in [0.2, 0.25) is 0 Å². The molecule has 1 unspecified atom stereocenters. The zero-order valence-corrected chi connectivity index (χ0v) is 10.2. The maximum absolute atomic E-state index is 12.2. The fourth-order valence-electron chi connectivity index (χ4n) is 2.05. The van der Waals surface area contributed by atoms with Crippen molar-refractivity contribution in [2.24, 2.45) is 5.73 Å². The zero-order chi connectivity index (χ0) is 12.3. The molecule has 1 aliphatic heterocycles. The Bertz CT molecular complexity index is 423. The van der Waals surface area contributed by atoms with Crippen LogP contribution < -0.4 is 5.73 Å². The molecule has 0 aliphatic carbocycles. The van der Waals surface area contributed by atoms with Crippen LogP contribution in [0.5, 0.6) is 0 Å². The van der Waals surface area contributed by atoms with Crippen LogP contribution in [0.3, 0.4) is 0 Å². The lowest BCUT2D eigenvalue weighted by atomic mass is 10.0. The lowest BCUT2D eigenvalue weighted by molar-refractivity contribution is 0.0680. The molecular formula is C11H14N4OS. The molecule has 0 aromatic carbocycles. The zero-order valence-electron chi connectivity index (χ0n) is 9.37. The average Bonchev–Trinajstić information content (AvgIpc) is 2.39. The predicted molar refractivity (Wildman–Crippen MR) is 67.5 cm³/mol. The highest BCUT2D eigenvalue weighted by Gasteiger charge is 2.29. The Labute approximate surface area is 105 Å². The van der Waals surface area contributed by atoms with E-state index < -0.39 is 0 Å². The molecule has 2 N–H and O–H groups in total. The van der Waals surface area contributed by atoms with E-state index in [1.807, 2.05) is 0 Å². The minimum absolute atomic E-state index is 0.0944. The quantitative estimate of drug-likeness (QED) is 0.784. The van der Waals surface area contributed by atoms with Crippen molar-refractivity contribution in [2.75, 3.05) is 6.54 Å². The maximum atomic E-state index is 12.2. The minimum atomic E-state index is -0.133. The van der Waals surface area contributed by atoms with Gasteiger partial charge in [-0.15, -0.1) is 0 Å². The number of aromatic nitrogens is 2. The van der Waals surface area contributed by atoms with Gasteiger partial charge >= 0.3 is 0 Å². The van der Waals surface area contributed by atoms with Crippen molar-refractivity contribution < 1.29 is 4.79 Å². The van der Waals surface area contributed by atoms with Crippen LogP contribution in [0.1, 0.15) is 29.6 Å². The van der Waals surface area contributed by atoms with E-state index in [1.165, 1.54) is 18.7 Å². The van der Waals surface area contributed by atoms with Gasteiger partial charge in [0.25, 0.3) is 5.91 Å². The summed E-state index contributed by atoms with van der Waals surface area (Å²) in [5.74, 6) is -0.0944. The van der Waals surface area contributed by atoms with Crippen LogP contribution in [0.25, 0.3) is 0 Å². The standard InChI is InChI=1S/C11H14N4OS/c12-10(17)9-3-1-2-4-15(9)11(16)8-5-13-7-14-6-8/h5-7,9H,1-4H2,(H2,12,17). The summed E-state index contributed by atoms with van der Waals surface area (Å²) in [7, 11) is 0. The van der Waals surface area contributed by atoms with Gasteiger partial charge in [0.15, 0.2) is 0 Å². The van der Waals surface area contributed by atoms with Crippen molar-refractivity contribution >= 4 is 23.1 Å². The Morgan fingerprint density at radius 3 is 2.76 bits per heavy atom. The first-order valence-electron chi connectivity index (χ1n) is 5.55. The Morgan fingerprint density at radius 1 is 1.41 bits per heavy atom. The fraction of sp³-hybridized carbons (Fsp3) is 0.455. The van der Waals surface area contributed by atoms with Crippen LogP contribution in [-0.2, 0) is 0 Å². The van der Waals surface area contributed by atoms with Gasteiger partial charge in [-0.2, -0.15) is 0 Å². The van der Waals surface area contributed by atoms with E-state index >= 15 is 0 Å². The Balaban J connectivity index is 2.20. The van der Waals surface area contributed by atoms with E-state index in [9.17, 15) is 4.79 Å². The number of carbonyl (C=O) groups excluding carboxylic acids is 1. The second-order valence-corrected chi connectivity index (χ2v) is 4.51. The SMILES string of the molecule is NC(=S)C1CCCCN1C(=O)c1cncnc1. The van der Waals surface area contributed by atoms with Crippen LogP contribution in [0.4, 0.5) is 0 Å². The van der Waals surface area contributed by atoms with Crippen LogP contribution in [-0.4, -0.2) is 38.4 Å². The molecule has 1 atom stereocenters. The van der Waals surface area contributed by atoms with E-state index in [4.69, 9.17) is 18.0 Å². The third kappa shape index (κ3) is 2.58. The number of thiocarbonyl (C=S) groups is 1. The number of rotatable bonds is 2. The highest BCUT2D eigenvalue weighted by Crippen LogP contribution is 2.19. The summed E-state index contributed by atoms with van der Waals surface area (Å²) in [6.45, 7) is 0.690. The van der Waals surface area contributed by atoms with Crippen LogP contribution in [0, 0.1) is 0 Å². The number of likely N-dealkylation sites (tertiary alicyclic amines) is 1. The van der Waals surface area contributed by atoms with Crippen molar-refractivity contribution in [2.45, 2.75) is 25.3 Å². The molecule has 1 fully saturated rings. The fourth-order valence-corrected chi connectivity index (χ4v) is 2.29. The molecule has 1 amide bonds. The molecule has 1 aromatic rings. The first-order chi connectivity index (χ1) is 8.20. The molecule has 0 spiro atoms. The molecule has 2 rings (SSSR count). The third-order valence-electron chi connectivity index (χ3n) is 2.90. The summed E-state index contributed by atoms with van der Waals surface area (Å²) in [4.78, 5) is 22.1. The number of nitrogens with two attached hydrogens (primary N) is 1. The summed E-state index contributed by atoms with van der Waals surface area (Å²) in [5, 5.41) is 0. The van der Waals surface area contributed by atoms with Gasteiger partial charge < -0.3 is 10.6 Å². The molecule has 0 radical (unpaired) electrons. The first-order valence-corrected chi connectivity index (χ1v) is 5.96. The second-order valence-electron chi connectivity index (χ2n) is 4.04.